The molecule has 0 bridgehead atoms. The van der Waals surface area contributed by atoms with Gasteiger partial charge in [-0.15, -0.1) is 0 Å². The van der Waals surface area contributed by atoms with E-state index in [0.29, 0.717) is 34.9 Å². The molecule has 0 aliphatic heterocycles. The SMILES string of the molecule is c1ccc(-c2nc(-c3ccc(-c4ccc5cc(-c6ccc7ccc(-c8ncccn8)nc7c6)ccc5n4)cc3)cc(-c3ccc(-n4c5ccccc5c5ccccc54)cc3)n2)cc1.c1ccc(-c2nc(-c3ccc(-c4ccc5cc(-c6ccc7ccc(-c8ncccn8)nc7c6)ccc5n4)cc3)nc(-c3ccc(-n4c5ccccc5c5ccccc54)cc3)n2)cc1. The van der Waals surface area contributed by atoms with Crippen LogP contribution in [0.4, 0.5) is 0 Å². The van der Waals surface area contributed by atoms with Gasteiger partial charge in [0, 0.05) is 124 Å². The number of hydrogen-bond donors (Lipinski definition) is 0. The minimum absolute atomic E-state index is 0.601. The zero-order valence-corrected chi connectivity index (χ0v) is 67.5. The van der Waals surface area contributed by atoms with E-state index in [1.165, 1.54) is 43.6 Å². The topological polar surface area (TPSA) is 177 Å². The Kier molecular flexibility index (Phi) is 18.5. The summed E-state index contributed by atoms with van der Waals surface area (Å²) in [5, 5.41) is 9.20. The van der Waals surface area contributed by atoms with Crippen molar-refractivity contribution >= 4 is 87.2 Å². The van der Waals surface area contributed by atoms with Gasteiger partial charge in [-0.1, -0.05) is 255 Å². The predicted molar refractivity (Wildman–Crippen MR) is 508 cm³/mol. The van der Waals surface area contributed by atoms with Crippen molar-refractivity contribution in [3.05, 3.63) is 419 Å². The van der Waals surface area contributed by atoms with Crippen molar-refractivity contribution in [2.24, 2.45) is 0 Å². The molecule has 0 aliphatic rings. The first-order valence-electron chi connectivity index (χ1n) is 41.7. The van der Waals surface area contributed by atoms with Gasteiger partial charge >= 0.3 is 0 Å². The lowest BCUT2D eigenvalue weighted by Crippen LogP contribution is -2.00. The van der Waals surface area contributed by atoms with Crippen molar-refractivity contribution in [2.75, 3.05) is 0 Å². The molecule has 0 radical (unpaired) electrons. The minimum atomic E-state index is 0.601. The lowest BCUT2D eigenvalue weighted by molar-refractivity contribution is 1.07. The molecular formula is C111H69N15. The number of benzene rings is 14. The van der Waals surface area contributed by atoms with Gasteiger partial charge in [-0.05, 0) is 162 Å². The first-order valence-corrected chi connectivity index (χ1v) is 41.7. The maximum Gasteiger partial charge on any atom is 0.178 e. The quantitative estimate of drug-likeness (QED) is 0.101. The van der Waals surface area contributed by atoms with Gasteiger partial charge in [-0.3, -0.25) is 0 Å². The molecule has 0 aliphatic carbocycles. The van der Waals surface area contributed by atoms with Crippen LogP contribution in [0.5, 0.6) is 0 Å². The van der Waals surface area contributed by atoms with Gasteiger partial charge in [0.05, 0.1) is 66.9 Å². The molecule has 15 heteroatoms. The number of pyridine rings is 4. The first kappa shape index (κ1) is 73.7. The van der Waals surface area contributed by atoms with Gasteiger partial charge in [0.1, 0.15) is 11.4 Å². The normalized spacial score (nSPS) is 11.5. The zero-order chi connectivity index (χ0) is 83.4. The highest BCUT2D eigenvalue weighted by molar-refractivity contribution is 6.10. The average Bonchev–Trinajstić information content (AvgIpc) is 1.58. The summed E-state index contributed by atoms with van der Waals surface area (Å²) in [6, 6.07) is 136. The molecule has 10 aromatic heterocycles. The zero-order valence-electron chi connectivity index (χ0n) is 67.5. The van der Waals surface area contributed by atoms with Crippen LogP contribution in [0.2, 0.25) is 0 Å². The Morgan fingerprint density at radius 3 is 0.825 bits per heavy atom. The van der Waals surface area contributed by atoms with Crippen LogP contribution in [0.1, 0.15) is 0 Å². The van der Waals surface area contributed by atoms with Gasteiger partial charge in [-0.2, -0.15) is 0 Å². The molecule has 0 atom stereocenters. The van der Waals surface area contributed by atoms with Crippen molar-refractivity contribution in [3.63, 3.8) is 0 Å². The maximum absolute atomic E-state index is 5.10. The average molecular weight is 1610 g/mol. The second-order valence-corrected chi connectivity index (χ2v) is 31.0. The van der Waals surface area contributed by atoms with Gasteiger partial charge in [0.2, 0.25) is 0 Å². The Bertz CT molecular complexity index is 7700. The van der Waals surface area contributed by atoms with E-state index in [-0.39, 0.29) is 0 Å². The van der Waals surface area contributed by atoms with E-state index in [4.69, 9.17) is 44.9 Å². The van der Waals surface area contributed by atoms with Crippen molar-refractivity contribution in [1.82, 2.24) is 73.9 Å². The Hall–Kier alpha value is -17.4. The molecule has 126 heavy (non-hydrogen) atoms. The largest absolute Gasteiger partial charge is 0.309 e. The molecule has 0 unspecified atom stereocenters. The highest BCUT2D eigenvalue weighted by Gasteiger charge is 2.20. The van der Waals surface area contributed by atoms with Crippen molar-refractivity contribution in [2.45, 2.75) is 0 Å². The third-order valence-corrected chi connectivity index (χ3v) is 23.3. The predicted octanol–water partition coefficient (Wildman–Crippen LogP) is 26.3. The molecule has 0 saturated carbocycles. The van der Waals surface area contributed by atoms with Crippen LogP contribution in [0.25, 0.3) is 234 Å². The van der Waals surface area contributed by atoms with Crippen LogP contribution in [0.3, 0.4) is 0 Å². The van der Waals surface area contributed by atoms with E-state index in [1.54, 1.807) is 30.9 Å². The molecule has 10 heterocycles. The van der Waals surface area contributed by atoms with Crippen LogP contribution in [0.15, 0.2) is 419 Å². The summed E-state index contributed by atoms with van der Waals surface area (Å²) in [7, 11) is 0. The summed E-state index contributed by atoms with van der Waals surface area (Å²) in [4.78, 5) is 62.7. The summed E-state index contributed by atoms with van der Waals surface area (Å²) in [5.41, 5.74) is 27.6. The summed E-state index contributed by atoms with van der Waals surface area (Å²) in [6.45, 7) is 0. The molecule has 0 amide bonds. The third kappa shape index (κ3) is 14.1. The fourth-order valence-corrected chi connectivity index (χ4v) is 17.0. The Morgan fingerprint density at radius 2 is 0.429 bits per heavy atom. The summed E-state index contributed by atoms with van der Waals surface area (Å²) < 4.78 is 4.65. The molecule has 24 aromatic rings. The molecule has 0 fully saturated rings. The Labute approximate surface area is 722 Å². The minimum Gasteiger partial charge on any atom is -0.309 e. The van der Waals surface area contributed by atoms with E-state index >= 15 is 0 Å². The van der Waals surface area contributed by atoms with E-state index in [0.717, 1.165) is 156 Å². The number of hydrogen-bond acceptors (Lipinski definition) is 13. The van der Waals surface area contributed by atoms with Gasteiger partial charge in [0.15, 0.2) is 34.9 Å². The number of nitrogens with zero attached hydrogens (tertiary/aromatic N) is 15. The number of aromatic nitrogens is 15. The lowest BCUT2D eigenvalue weighted by Gasteiger charge is -2.12. The van der Waals surface area contributed by atoms with Crippen molar-refractivity contribution in [1.29, 1.82) is 0 Å². The van der Waals surface area contributed by atoms with Gasteiger partial charge < -0.3 is 9.13 Å². The number of para-hydroxylation sites is 4. The molecule has 0 saturated heterocycles. The van der Waals surface area contributed by atoms with Crippen LogP contribution < -0.4 is 0 Å². The summed E-state index contributed by atoms with van der Waals surface area (Å²) in [5.74, 6) is 3.73. The molecule has 0 spiro atoms. The monoisotopic (exact) mass is 1610 g/mol. The maximum atomic E-state index is 5.10. The Morgan fingerprint density at radius 1 is 0.151 bits per heavy atom. The molecule has 15 nitrogen and oxygen atoms in total. The third-order valence-electron chi connectivity index (χ3n) is 23.3. The van der Waals surface area contributed by atoms with E-state index in [9.17, 15) is 0 Å². The van der Waals surface area contributed by atoms with E-state index in [2.05, 4.69) is 351 Å². The van der Waals surface area contributed by atoms with Crippen molar-refractivity contribution in [3.8, 4) is 147 Å². The fraction of sp³-hybridized carbons (Fsp3) is 0. The van der Waals surface area contributed by atoms with E-state index < -0.39 is 0 Å². The number of rotatable bonds is 14. The summed E-state index contributed by atoms with van der Waals surface area (Å²) >= 11 is 0. The standard InChI is InChI=1S/C56H35N7.C55H34N8/c1-2-9-40(10-3-1)55-61-51(35-52(62-55)39-21-26-44(27-22-39)63-53-13-6-4-11-45(53)46-12-5-7-14-54(46)63)37-17-15-36(16-18-37)47-29-25-43-33-41(24-28-48(43)59-47)42-20-19-38-23-30-49(60-50(38)34-42)56-57-31-8-32-58-56;1-2-9-37(10-3-1)52-60-53(62-54(61-52)39-21-26-43(27-22-39)63-50-13-6-4-11-44(50)45-12-5-7-14-51(45)63)38-18-15-35(16-19-38)46-29-25-42-33-40(24-28-47(42)58-46)41-20-17-36-23-30-48(59-49(36)34-41)55-56-31-8-32-57-55/h1-35H;1-34H. The molecule has 0 N–H and O–H groups in total. The van der Waals surface area contributed by atoms with E-state index in [1.807, 2.05) is 66.7 Å². The fourth-order valence-electron chi connectivity index (χ4n) is 17.0. The smallest absolute Gasteiger partial charge is 0.178 e. The van der Waals surface area contributed by atoms with Crippen LogP contribution >= 0.6 is 0 Å². The van der Waals surface area contributed by atoms with Gasteiger partial charge in [-0.25, -0.2) is 64.8 Å². The van der Waals surface area contributed by atoms with Crippen LogP contribution in [-0.2, 0) is 0 Å². The molecule has 24 rings (SSSR count). The molecule has 588 valence electrons. The summed E-state index contributed by atoms with van der Waals surface area (Å²) in [6.07, 6.45) is 6.94. The molecule has 14 aromatic carbocycles. The van der Waals surface area contributed by atoms with Crippen LogP contribution in [-0.4, -0.2) is 73.9 Å². The van der Waals surface area contributed by atoms with Crippen molar-refractivity contribution < 1.29 is 0 Å². The second kappa shape index (κ2) is 31.6. The second-order valence-electron chi connectivity index (χ2n) is 31.0. The molecular weight excluding hydrogens is 1540 g/mol. The van der Waals surface area contributed by atoms with Crippen LogP contribution in [0, 0.1) is 0 Å². The lowest BCUT2D eigenvalue weighted by atomic mass is 10.0. The first-order chi connectivity index (χ1) is 62.4. The number of fused-ring (bicyclic) bond motifs is 10. The highest BCUT2D eigenvalue weighted by Crippen LogP contribution is 2.39. The van der Waals surface area contributed by atoms with Gasteiger partial charge in [0.25, 0.3) is 0 Å². The Balaban J connectivity index is 0.000000145. The highest BCUT2D eigenvalue weighted by atomic mass is 15.0.